The molecule has 0 fully saturated rings. The van der Waals surface area contributed by atoms with Gasteiger partial charge in [0, 0.05) is 16.6 Å². The Kier molecular flexibility index (Phi) is 5.37. The molecule has 1 atom stereocenters. The summed E-state index contributed by atoms with van der Waals surface area (Å²) in [6.07, 6.45) is 0. The van der Waals surface area contributed by atoms with Crippen molar-refractivity contribution in [2.45, 2.75) is 26.8 Å². The molecule has 0 aliphatic carbocycles. The quantitative estimate of drug-likeness (QED) is 0.782. The van der Waals surface area contributed by atoms with Crippen LogP contribution in [0.15, 0.2) is 40.9 Å². The summed E-state index contributed by atoms with van der Waals surface area (Å²) in [6.45, 7) is 6.83. The van der Waals surface area contributed by atoms with Gasteiger partial charge in [0.2, 0.25) is 0 Å². The van der Waals surface area contributed by atoms with Gasteiger partial charge in [0.25, 0.3) is 0 Å². The van der Waals surface area contributed by atoms with Crippen LogP contribution in [0.4, 0.5) is 4.39 Å². The third kappa shape index (κ3) is 4.05. The van der Waals surface area contributed by atoms with E-state index in [1.807, 2.05) is 18.2 Å². The Hall–Kier alpha value is -1.39. The molecule has 4 heteroatoms. The monoisotopic (exact) mass is 351 g/mol. The van der Waals surface area contributed by atoms with Crippen LogP contribution in [0.3, 0.4) is 0 Å². The SMILES string of the molecule is CCNC(C)c1ccc(Oc2ccc(C)c(F)c2)cc1Br. The second-order valence-electron chi connectivity index (χ2n) is 4.98. The zero-order valence-corrected chi connectivity index (χ0v) is 14.0. The second kappa shape index (κ2) is 7.05. The molecule has 0 bridgehead atoms. The van der Waals surface area contributed by atoms with Crippen molar-refractivity contribution in [3.8, 4) is 11.5 Å². The molecule has 0 heterocycles. The smallest absolute Gasteiger partial charge is 0.130 e. The summed E-state index contributed by atoms with van der Waals surface area (Å²) < 4.78 is 20.2. The van der Waals surface area contributed by atoms with Crippen molar-refractivity contribution in [2.75, 3.05) is 6.54 Å². The molecular weight excluding hydrogens is 333 g/mol. The predicted molar refractivity (Wildman–Crippen MR) is 87.4 cm³/mol. The van der Waals surface area contributed by atoms with Gasteiger partial charge in [-0.2, -0.15) is 0 Å². The minimum absolute atomic E-state index is 0.259. The van der Waals surface area contributed by atoms with Crippen molar-refractivity contribution in [3.63, 3.8) is 0 Å². The summed E-state index contributed by atoms with van der Waals surface area (Å²) >= 11 is 3.56. The normalized spacial score (nSPS) is 12.2. The van der Waals surface area contributed by atoms with Crippen molar-refractivity contribution in [1.82, 2.24) is 5.32 Å². The highest BCUT2D eigenvalue weighted by atomic mass is 79.9. The highest BCUT2D eigenvalue weighted by Gasteiger charge is 2.10. The van der Waals surface area contributed by atoms with E-state index in [0.29, 0.717) is 17.1 Å². The molecule has 2 aromatic carbocycles. The Balaban J connectivity index is 2.18. The average Bonchev–Trinajstić information content (AvgIpc) is 2.43. The maximum Gasteiger partial charge on any atom is 0.130 e. The molecule has 112 valence electrons. The maximum absolute atomic E-state index is 13.5. The van der Waals surface area contributed by atoms with Gasteiger partial charge < -0.3 is 10.1 Å². The number of aryl methyl sites for hydroxylation is 1. The molecule has 1 unspecified atom stereocenters. The first-order chi connectivity index (χ1) is 10.0. The van der Waals surface area contributed by atoms with Gasteiger partial charge in [0.05, 0.1) is 0 Å². The average molecular weight is 352 g/mol. The van der Waals surface area contributed by atoms with Crippen LogP contribution in [-0.4, -0.2) is 6.54 Å². The third-order valence-corrected chi connectivity index (χ3v) is 4.01. The lowest BCUT2D eigenvalue weighted by Gasteiger charge is -2.15. The number of benzene rings is 2. The van der Waals surface area contributed by atoms with Crippen molar-refractivity contribution in [2.24, 2.45) is 0 Å². The van der Waals surface area contributed by atoms with Gasteiger partial charge in [-0.25, -0.2) is 4.39 Å². The van der Waals surface area contributed by atoms with Gasteiger partial charge >= 0.3 is 0 Å². The first-order valence-corrected chi connectivity index (χ1v) is 7.77. The van der Waals surface area contributed by atoms with Crippen LogP contribution in [0.5, 0.6) is 11.5 Å². The number of ether oxygens (including phenoxy) is 1. The Morgan fingerprint density at radius 1 is 1.19 bits per heavy atom. The molecular formula is C17H19BrFNO. The zero-order chi connectivity index (χ0) is 15.4. The van der Waals surface area contributed by atoms with Gasteiger partial charge in [-0.15, -0.1) is 0 Å². The first kappa shape index (κ1) is 16.0. The molecule has 2 aromatic rings. The van der Waals surface area contributed by atoms with Gasteiger partial charge in [0.15, 0.2) is 0 Å². The van der Waals surface area contributed by atoms with E-state index in [4.69, 9.17) is 4.74 Å². The van der Waals surface area contributed by atoms with Gasteiger partial charge in [-0.1, -0.05) is 35.0 Å². The minimum Gasteiger partial charge on any atom is -0.457 e. The summed E-state index contributed by atoms with van der Waals surface area (Å²) in [4.78, 5) is 0. The lowest BCUT2D eigenvalue weighted by molar-refractivity contribution is 0.475. The standard InChI is InChI=1S/C17H19BrFNO/c1-4-20-12(3)15-8-7-13(9-16(15)18)21-14-6-5-11(2)17(19)10-14/h5-10,12,20H,4H2,1-3H3. The zero-order valence-electron chi connectivity index (χ0n) is 12.4. The molecule has 0 aliphatic rings. The van der Waals surface area contributed by atoms with Gasteiger partial charge in [0.1, 0.15) is 17.3 Å². The number of hydrogen-bond donors (Lipinski definition) is 1. The van der Waals surface area contributed by atoms with E-state index in [-0.39, 0.29) is 11.9 Å². The topological polar surface area (TPSA) is 21.3 Å². The van der Waals surface area contributed by atoms with Crippen molar-refractivity contribution >= 4 is 15.9 Å². The van der Waals surface area contributed by atoms with E-state index in [1.54, 1.807) is 19.1 Å². The predicted octanol–water partition coefficient (Wildman–Crippen LogP) is 5.36. The van der Waals surface area contributed by atoms with Crippen LogP contribution >= 0.6 is 15.9 Å². The van der Waals surface area contributed by atoms with Crippen molar-refractivity contribution in [1.29, 1.82) is 0 Å². The molecule has 0 aliphatic heterocycles. The molecule has 0 spiro atoms. The molecule has 0 radical (unpaired) electrons. The molecule has 1 N–H and O–H groups in total. The third-order valence-electron chi connectivity index (χ3n) is 3.33. The van der Waals surface area contributed by atoms with Crippen molar-refractivity contribution < 1.29 is 9.13 Å². The van der Waals surface area contributed by atoms with Crippen LogP contribution in [-0.2, 0) is 0 Å². The minimum atomic E-state index is -0.260. The molecule has 2 nitrogen and oxygen atoms in total. The summed E-state index contributed by atoms with van der Waals surface area (Å²) in [6, 6.07) is 10.9. The second-order valence-corrected chi connectivity index (χ2v) is 5.83. The van der Waals surface area contributed by atoms with Crippen molar-refractivity contribution in [3.05, 3.63) is 57.8 Å². The molecule has 21 heavy (non-hydrogen) atoms. The van der Waals surface area contributed by atoms with E-state index in [2.05, 4.69) is 35.1 Å². The Bertz CT molecular complexity index is 630. The molecule has 0 amide bonds. The fourth-order valence-electron chi connectivity index (χ4n) is 2.11. The molecule has 0 saturated heterocycles. The maximum atomic E-state index is 13.5. The Morgan fingerprint density at radius 2 is 1.86 bits per heavy atom. The summed E-state index contributed by atoms with van der Waals surface area (Å²) in [7, 11) is 0. The highest BCUT2D eigenvalue weighted by molar-refractivity contribution is 9.10. The molecule has 0 saturated carbocycles. The van der Waals surface area contributed by atoms with Crippen LogP contribution in [0.2, 0.25) is 0 Å². The lowest BCUT2D eigenvalue weighted by atomic mass is 10.1. The first-order valence-electron chi connectivity index (χ1n) is 6.98. The molecule has 2 rings (SSSR count). The fourth-order valence-corrected chi connectivity index (χ4v) is 2.81. The summed E-state index contributed by atoms with van der Waals surface area (Å²) in [5.74, 6) is 0.916. The summed E-state index contributed by atoms with van der Waals surface area (Å²) in [5, 5.41) is 3.37. The number of rotatable bonds is 5. The lowest BCUT2D eigenvalue weighted by Crippen LogP contribution is -2.17. The number of halogens is 2. The highest BCUT2D eigenvalue weighted by Crippen LogP contribution is 2.30. The Labute approximate surface area is 133 Å². The summed E-state index contributed by atoms with van der Waals surface area (Å²) in [5.41, 5.74) is 1.78. The Morgan fingerprint density at radius 3 is 2.48 bits per heavy atom. The largest absolute Gasteiger partial charge is 0.457 e. The van der Waals surface area contributed by atoms with Crippen LogP contribution in [0.25, 0.3) is 0 Å². The van der Waals surface area contributed by atoms with E-state index >= 15 is 0 Å². The van der Waals surface area contributed by atoms with Crippen LogP contribution in [0.1, 0.15) is 31.0 Å². The van der Waals surface area contributed by atoms with Gasteiger partial charge in [-0.05, 0) is 49.7 Å². The fraction of sp³-hybridized carbons (Fsp3) is 0.294. The van der Waals surface area contributed by atoms with Crippen LogP contribution in [0, 0.1) is 12.7 Å². The molecule has 0 aromatic heterocycles. The van der Waals surface area contributed by atoms with E-state index in [9.17, 15) is 4.39 Å². The number of nitrogens with one attached hydrogen (secondary N) is 1. The van der Waals surface area contributed by atoms with Gasteiger partial charge in [-0.3, -0.25) is 0 Å². The van der Waals surface area contributed by atoms with E-state index in [1.165, 1.54) is 11.6 Å². The van der Waals surface area contributed by atoms with E-state index in [0.717, 1.165) is 11.0 Å². The van der Waals surface area contributed by atoms with Crippen LogP contribution < -0.4 is 10.1 Å². The van der Waals surface area contributed by atoms with E-state index < -0.39 is 0 Å². The number of hydrogen-bond acceptors (Lipinski definition) is 2.